The molecule has 0 radical (unpaired) electrons. The Morgan fingerprint density at radius 3 is 3.00 bits per heavy atom. The molecule has 3 rings (SSSR count). The topological polar surface area (TPSA) is 94.1 Å². The Bertz CT molecular complexity index is 777. The molecule has 0 aliphatic heterocycles. The molecule has 0 fully saturated rings. The zero-order chi connectivity index (χ0) is 14.8. The summed E-state index contributed by atoms with van der Waals surface area (Å²) in [6.07, 6.45) is 3.85. The van der Waals surface area contributed by atoms with Crippen molar-refractivity contribution in [3.05, 3.63) is 41.0 Å². The quantitative estimate of drug-likeness (QED) is 0.786. The van der Waals surface area contributed by atoms with Crippen molar-refractivity contribution in [1.82, 2.24) is 20.6 Å². The Morgan fingerprint density at radius 1 is 1.38 bits per heavy atom. The minimum Gasteiger partial charge on any atom is -0.364 e. The number of aryl methyl sites for hydroxylation is 2. The van der Waals surface area contributed by atoms with Gasteiger partial charge in [-0.05, 0) is 26.3 Å². The average molecular weight is 286 g/mol. The molecule has 0 saturated carbocycles. The highest BCUT2D eigenvalue weighted by molar-refractivity contribution is 6.06. The van der Waals surface area contributed by atoms with Gasteiger partial charge in [-0.2, -0.15) is 0 Å². The first kappa shape index (κ1) is 13.3. The van der Waals surface area contributed by atoms with Gasteiger partial charge in [0.05, 0.1) is 22.8 Å². The molecular formula is C14H14N4O3. The summed E-state index contributed by atoms with van der Waals surface area (Å²) in [5.74, 6) is -0.173. The second kappa shape index (κ2) is 5.35. The number of fused-ring (bicyclic) bond motifs is 1. The summed E-state index contributed by atoms with van der Waals surface area (Å²) < 4.78 is 9.87. The molecule has 0 aliphatic rings. The molecule has 3 aromatic heterocycles. The van der Waals surface area contributed by atoms with E-state index in [-0.39, 0.29) is 5.91 Å². The number of hydrogen-bond donors (Lipinski definition) is 1. The van der Waals surface area contributed by atoms with Gasteiger partial charge in [0.2, 0.25) is 0 Å². The number of nitrogens with zero attached hydrogens (tertiary/aromatic N) is 3. The zero-order valence-electron chi connectivity index (χ0n) is 11.7. The summed E-state index contributed by atoms with van der Waals surface area (Å²) >= 11 is 0. The molecule has 1 N–H and O–H groups in total. The molecule has 3 heterocycles. The van der Waals surface area contributed by atoms with Gasteiger partial charge < -0.3 is 14.4 Å². The van der Waals surface area contributed by atoms with Gasteiger partial charge in [-0.3, -0.25) is 4.79 Å². The maximum atomic E-state index is 12.3. The molecule has 1 amide bonds. The number of rotatable bonds is 4. The second-order valence-corrected chi connectivity index (χ2v) is 4.80. The van der Waals surface area contributed by atoms with Gasteiger partial charge in [0, 0.05) is 17.8 Å². The molecule has 0 aromatic carbocycles. The van der Waals surface area contributed by atoms with E-state index in [2.05, 4.69) is 20.6 Å². The Hall–Kier alpha value is -2.70. The smallest absolute Gasteiger partial charge is 0.258 e. The highest BCUT2D eigenvalue weighted by Crippen LogP contribution is 2.21. The van der Waals surface area contributed by atoms with Crippen molar-refractivity contribution in [2.24, 2.45) is 0 Å². The van der Waals surface area contributed by atoms with Crippen LogP contribution in [0, 0.1) is 13.8 Å². The molecule has 0 bridgehead atoms. The summed E-state index contributed by atoms with van der Waals surface area (Å²) in [5.41, 5.74) is 3.22. The van der Waals surface area contributed by atoms with Gasteiger partial charge >= 0.3 is 0 Å². The van der Waals surface area contributed by atoms with Crippen LogP contribution in [0.5, 0.6) is 0 Å². The van der Waals surface area contributed by atoms with Crippen molar-refractivity contribution >= 4 is 17.0 Å². The minimum absolute atomic E-state index is 0.173. The third-order valence-corrected chi connectivity index (χ3v) is 3.17. The summed E-state index contributed by atoms with van der Waals surface area (Å²) in [4.78, 5) is 16.6. The molecule has 108 valence electrons. The number of amides is 1. The van der Waals surface area contributed by atoms with Gasteiger partial charge in [-0.1, -0.05) is 10.3 Å². The molecular weight excluding hydrogens is 272 g/mol. The second-order valence-electron chi connectivity index (χ2n) is 4.80. The summed E-state index contributed by atoms with van der Waals surface area (Å²) in [7, 11) is 0. The molecule has 0 aliphatic carbocycles. The molecule has 0 spiro atoms. The molecule has 0 saturated heterocycles. The molecule has 7 nitrogen and oxygen atoms in total. The summed E-state index contributed by atoms with van der Waals surface area (Å²) in [6.45, 7) is 4.09. The maximum absolute atomic E-state index is 12.3. The van der Waals surface area contributed by atoms with Crippen LogP contribution in [0.25, 0.3) is 11.1 Å². The number of carbonyl (C=O) groups is 1. The summed E-state index contributed by atoms with van der Waals surface area (Å²) in [5, 5.41) is 11.0. The van der Waals surface area contributed by atoms with Gasteiger partial charge in [0.25, 0.3) is 11.6 Å². The van der Waals surface area contributed by atoms with Gasteiger partial charge in [-0.25, -0.2) is 4.98 Å². The first-order valence-corrected chi connectivity index (χ1v) is 6.55. The Morgan fingerprint density at radius 2 is 2.24 bits per heavy atom. The van der Waals surface area contributed by atoms with E-state index in [1.165, 1.54) is 0 Å². The lowest BCUT2D eigenvalue weighted by Crippen LogP contribution is -2.26. The lowest BCUT2D eigenvalue weighted by Gasteiger charge is -2.06. The first-order valence-electron chi connectivity index (χ1n) is 6.55. The SMILES string of the molecule is Cc1cc(C(=O)NCCc2cnoc2)c2c(C)noc2n1. The normalized spacial score (nSPS) is 11.0. The van der Waals surface area contributed by atoms with Crippen molar-refractivity contribution in [2.45, 2.75) is 20.3 Å². The Balaban J connectivity index is 1.79. The third-order valence-electron chi connectivity index (χ3n) is 3.17. The van der Waals surface area contributed by atoms with Crippen LogP contribution in [0.4, 0.5) is 0 Å². The molecule has 7 heteroatoms. The van der Waals surface area contributed by atoms with Crippen molar-refractivity contribution in [1.29, 1.82) is 0 Å². The monoisotopic (exact) mass is 286 g/mol. The third kappa shape index (κ3) is 2.62. The molecule has 21 heavy (non-hydrogen) atoms. The van der Waals surface area contributed by atoms with Crippen LogP contribution < -0.4 is 5.32 Å². The van der Waals surface area contributed by atoms with Gasteiger partial charge in [0.15, 0.2) is 0 Å². The number of carbonyl (C=O) groups excluding carboxylic acids is 1. The standard InChI is InChI=1S/C14H14N4O3/c1-8-5-11(12-9(2)18-21-14(12)17-8)13(19)15-4-3-10-6-16-20-7-10/h5-7H,3-4H2,1-2H3,(H,15,19). The fourth-order valence-electron chi connectivity index (χ4n) is 2.16. The average Bonchev–Trinajstić information content (AvgIpc) is 3.08. The van der Waals surface area contributed by atoms with E-state index in [9.17, 15) is 4.79 Å². The van der Waals surface area contributed by atoms with E-state index in [4.69, 9.17) is 9.05 Å². The number of nitrogens with one attached hydrogen (secondary N) is 1. The Labute approximate surface area is 120 Å². The van der Waals surface area contributed by atoms with Crippen molar-refractivity contribution < 1.29 is 13.8 Å². The van der Waals surface area contributed by atoms with Crippen LogP contribution in [-0.2, 0) is 6.42 Å². The lowest BCUT2D eigenvalue weighted by molar-refractivity contribution is 0.0955. The van der Waals surface area contributed by atoms with E-state index >= 15 is 0 Å². The van der Waals surface area contributed by atoms with E-state index in [1.807, 2.05) is 6.92 Å². The Kier molecular flexibility index (Phi) is 3.39. The predicted molar refractivity (Wildman–Crippen MR) is 73.8 cm³/mol. The van der Waals surface area contributed by atoms with E-state index in [0.717, 1.165) is 5.56 Å². The van der Waals surface area contributed by atoms with Crippen molar-refractivity contribution in [3.63, 3.8) is 0 Å². The lowest BCUT2D eigenvalue weighted by atomic mass is 10.1. The number of hydrogen-bond acceptors (Lipinski definition) is 6. The molecule has 3 aromatic rings. The molecule has 0 unspecified atom stereocenters. The number of aromatic nitrogens is 3. The van der Waals surface area contributed by atoms with Crippen LogP contribution in [0.3, 0.4) is 0 Å². The van der Waals surface area contributed by atoms with Crippen LogP contribution in [-0.4, -0.2) is 27.7 Å². The maximum Gasteiger partial charge on any atom is 0.258 e. The fraction of sp³-hybridized carbons (Fsp3) is 0.286. The van der Waals surface area contributed by atoms with E-state index in [0.29, 0.717) is 41.0 Å². The zero-order valence-corrected chi connectivity index (χ0v) is 11.7. The highest BCUT2D eigenvalue weighted by Gasteiger charge is 2.17. The predicted octanol–water partition coefficient (Wildman–Crippen LogP) is 1.80. The van der Waals surface area contributed by atoms with Crippen LogP contribution in [0.1, 0.15) is 27.3 Å². The minimum atomic E-state index is -0.173. The van der Waals surface area contributed by atoms with Gasteiger partial charge in [0.1, 0.15) is 6.26 Å². The van der Waals surface area contributed by atoms with Crippen LogP contribution >= 0.6 is 0 Å². The molecule has 0 atom stereocenters. The van der Waals surface area contributed by atoms with E-state index in [1.54, 1.807) is 25.5 Å². The first-order chi connectivity index (χ1) is 10.1. The fourth-order valence-corrected chi connectivity index (χ4v) is 2.16. The van der Waals surface area contributed by atoms with Crippen molar-refractivity contribution in [2.75, 3.05) is 6.54 Å². The van der Waals surface area contributed by atoms with Crippen LogP contribution in [0.15, 0.2) is 27.6 Å². The highest BCUT2D eigenvalue weighted by atomic mass is 16.5. The number of pyridine rings is 1. The van der Waals surface area contributed by atoms with Crippen LogP contribution in [0.2, 0.25) is 0 Å². The van der Waals surface area contributed by atoms with Crippen molar-refractivity contribution in [3.8, 4) is 0 Å². The van der Waals surface area contributed by atoms with E-state index < -0.39 is 0 Å². The summed E-state index contributed by atoms with van der Waals surface area (Å²) in [6, 6.07) is 1.74. The van der Waals surface area contributed by atoms with Gasteiger partial charge in [-0.15, -0.1) is 0 Å². The largest absolute Gasteiger partial charge is 0.364 e.